The molecule has 2 aromatic rings. The molecule has 1 aromatic carbocycles. The van der Waals surface area contributed by atoms with Gasteiger partial charge in [-0.25, -0.2) is 0 Å². The highest BCUT2D eigenvalue weighted by Gasteiger charge is 2.21. The van der Waals surface area contributed by atoms with Gasteiger partial charge >= 0.3 is 0 Å². The SMILES string of the molecule is CN(C)Cc1sc2ccc(Cl)c3c2c1CN(C)CC3. The van der Waals surface area contributed by atoms with E-state index in [0.717, 1.165) is 31.1 Å². The molecule has 2 nitrogen and oxygen atoms in total. The minimum absolute atomic E-state index is 0.929. The Bertz CT molecular complexity index is 618. The van der Waals surface area contributed by atoms with Crippen molar-refractivity contribution in [2.75, 3.05) is 27.7 Å². The van der Waals surface area contributed by atoms with Crippen molar-refractivity contribution in [3.8, 4) is 0 Å². The maximum Gasteiger partial charge on any atom is 0.0445 e. The average Bonchev–Trinajstić information content (AvgIpc) is 2.55. The van der Waals surface area contributed by atoms with E-state index in [1.165, 1.54) is 26.1 Å². The normalized spacial score (nSPS) is 16.3. The Labute approximate surface area is 123 Å². The van der Waals surface area contributed by atoms with Gasteiger partial charge in [0.25, 0.3) is 0 Å². The lowest BCUT2D eigenvalue weighted by molar-refractivity contribution is 0.333. The van der Waals surface area contributed by atoms with Crippen LogP contribution in [0.3, 0.4) is 0 Å². The Kier molecular flexibility index (Phi) is 3.56. The van der Waals surface area contributed by atoms with Crippen LogP contribution in [-0.4, -0.2) is 37.5 Å². The molecule has 0 spiro atoms. The van der Waals surface area contributed by atoms with Gasteiger partial charge in [-0.3, -0.25) is 0 Å². The van der Waals surface area contributed by atoms with E-state index in [9.17, 15) is 0 Å². The molecule has 0 fully saturated rings. The van der Waals surface area contributed by atoms with Gasteiger partial charge in [-0.1, -0.05) is 11.6 Å². The quantitative estimate of drug-likeness (QED) is 0.835. The van der Waals surface area contributed by atoms with Crippen LogP contribution in [0.1, 0.15) is 16.0 Å². The average molecular weight is 295 g/mol. The molecule has 0 atom stereocenters. The van der Waals surface area contributed by atoms with Crippen LogP contribution >= 0.6 is 22.9 Å². The molecule has 3 rings (SSSR count). The lowest BCUT2D eigenvalue weighted by Gasteiger charge is -2.15. The fourth-order valence-electron chi connectivity index (χ4n) is 2.83. The molecular formula is C15H19ClN2S. The van der Waals surface area contributed by atoms with Crippen LogP contribution in [0.15, 0.2) is 12.1 Å². The molecule has 0 radical (unpaired) electrons. The lowest BCUT2D eigenvalue weighted by Crippen LogP contribution is -2.19. The zero-order valence-electron chi connectivity index (χ0n) is 11.7. The second-order valence-electron chi connectivity index (χ2n) is 5.63. The fourth-order valence-corrected chi connectivity index (χ4v) is 4.44. The lowest BCUT2D eigenvalue weighted by atomic mass is 10.0. The van der Waals surface area contributed by atoms with Crippen LogP contribution in [0, 0.1) is 0 Å². The van der Waals surface area contributed by atoms with E-state index >= 15 is 0 Å². The van der Waals surface area contributed by atoms with Gasteiger partial charge in [0, 0.05) is 39.6 Å². The van der Waals surface area contributed by atoms with E-state index < -0.39 is 0 Å². The van der Waals surface area contributed by atoms with Crippen molar-refractivity contribution < 1.29 is 0 Å². The summed E-state index contributed by atoms with van der Waals surface area (Å²) in [6.07, 6.45) is 1.05. The number of rotatable bonds is 2. The highest BCUT2D eigenvalue weighted by molar-refractivity contribution is 7.19. The van der Waals surface area contributed by atoms with Crippen LogP contribution in [-0.2, 0) is 19.5 Å². The van der Waals surface area contributed by atoms with Crippen molar-refractivity contribution in [3.05, 3.63) is 33.2 Å². The number of halogens is 1. The van der Waals surface area contributed by atoms with Crippen molar-refractivity contribution in [2.45, 2.75) is 19.5 Å². The number of nitrogens with zero attached hydrogens (tertiary/aromatic N) is 2. The van der Waals surface area contributed by atoms with Gasteiger partial charge < -0.3 is 9.80 Å². The molecule has 0 amide bonds. The van der Waals surface area contributed by atoms with E-state index in [2.05, 4.69) is 43.1 Å². The third-order valence-electron chi connectivity index (χ3n) is 3.72. The highest BCUT2D eigenvalue weighted by Crippen LogP contribution is 2.39. The first-order valence-electron chi connectivity index (χ1n) is 6.61. The summed E-state index contributed by atoms with van der Waals surface area (Å²) in [5.41, 5.74) is 2.84. The monoisotopic (exact) mass is 294 g/mol. The van der Waals surface area contributed by atoms with Crippen molar-refractivity contribution in [1.29, 1.82) is 0 Å². The molecule has 1 aliphatic rings. The Morgan fingerprint density at radius 1 is 1.32 bits per heavy atom. The molecule has 0 bridgehead atoms. The smallest absolute Gasteiger partial charge is 0.0445 e. The summed E-state index contributed by atoms with van der Waals surface area (Å²) < 4.78 is 1.39. The maximum atomic E-state index is 6.42. The third-order valence-corrected chi connectivity index (χ3v) is 5.26. The molecule has 0 saturated heterocycles. The van der Waals surface area contributed by atoms with Crippen molar-refractivity contribution in [2.24, 2.45) is 0 Å². The predicted molar refractivity (Wildman–Crippen MR) is 84.3 cm³/mol. The second-order valence-corrected chi connectivity index (χ2v) is 7.17. The summed E-state index contributed by atoms with van der Waals surface area (Å²) in [6.45, 7) is 3.13. The van der Waals surface area contributed by atoms with Gasteiger partial charge in [0.1, 0.15) is 0 Å². The highest BCUT2D eigenvalue weighted by atomic mass is 35.5. The minimum atomic E-state index is 0.929. The van der Waals surface area contributed by atoms with E-state index in [1.807, 2.05) is 11.3 Å². The number of likely N-dealkylation sites (N-methyl/N-ethyl adjacent to an activating group) is 1. The molecule has 0 saturated carbocycles. The van der Waals surface area contributed by atoms with Gasteiger partial charge in [0.05, 0.1) is 0 Å². The first kappa shape index (κ1) is 13.4. The van der Waals surface area contributed by atoms with Crippen LogP contribution in [0.2, 0.25) is 5.02 Å². The molecule has 4 heteroatoms. The van der Waals surface area contributed by atoms with Gasteiger partial charge in [0.2, 0.25) is 0 Å². The zero-order valence-corrected chi connectivity index (χ0v) is 13.2. The number of hydrogen-bond acceptors (Lipinski definition) is 3. The fraction of sp³-hybridized carbons (Fsp3) is 0.467. The molecular weight excluding hydrogens is 276 g/mol. The number of thiophene rings is 1. The number of benzene rings is 1. The van der Waals surface area contributed by atoms with Crippen molar-refractivity contribution >= 4 is 33.0 Å². The van der Waals surface area contributed by atoms with Gasteiger partial charge in [0.15, 0.2) is 0 Å². The summed E-state index contributed by atoms with van der Waals surface area (Å²) in [6, 6.07) is 4.24. The van der Waals surface area contributed by atoms with Crippen molar-refractivity contribution in [3.63, 3.8) is 0 Å². The predicted octanol–water partition coefficient (Wildman–Crippen LogP) is 3.60. The molecule has 0 unspecified atom stereocenters. The Balaban J connectivity index is 2.24. The standard InChI is InChI=1S/C15H19ClN2S/c1-17(2)9-14-11-8-18(3)7-6-10-12(16)4-5-13(19-14)15(10)11/h4-5H,6-9H2,1-3H3. The van der Waals surface area contributed by atoms with Crippen LogP contribution in [0.4, 0.5) is 0 Å². The molecule has 1 aromatic heterocycles. The Morgan fingerprint density at radius 2 is 2.11 bits per heavy atom. The largest absolute Gasteiger partial charge is 0.304 e. The Hall–Kier alpha value is -0.610. The summed E-state index contributed by atoms with van der Waals surface area (Å²) in [7, 11) is 6.46. The molecule has 2 heterocycles. The molecule has 0 N–H and O–H groups in total. The van der Waals surface area contributed by atoms with E-state index in [4.69, 9.17) is 11.6 Å². The third kappa shape index (κ3) is 2.40. The van der Waals surface area contributed by atoms with E-state index in [0.29, 0.717) is 0 Å². The second kappa shape index (κ2) is 5.06. The van der Waals surface area contributed by atoms with Crippen LogP contribution in [0.25, 0.3) is 10.1 Å². The minimum Gasteiger partial charge on any atom is -0.304 e. The van der Waals surface area contributed by atoms with E-state index in [1.54, 1.807) is 0 Å². The molecule has 0 aliphatic carbocycles. The Morgan fingerprint density at radius 3 is 2.84 bits per heavy atom. The van der Waals surface area contributed by atoms with Gasteiger partial charge in [-0.15, -0.1) is 11.3 Å². The molecule has 1 aliphatic heterocycles. The summed E-state index contributed by atoms with van der Waals surface area (Å²) in [5, 5.41) is 2.36. The van der Waals surface area contributed by atoms with Crippen molar-refractivity contribution in [1.82, 2.24) is 9.80 Å². The summed E-state index contributed by atoms with van der Waals surface area (Å²) in [4.78, 5) is 6.13. The topological polar surface area (TPSA) is 6.48 Å². The maximum absolute atomic E-state index is 6.42. The first-order chi connectivity index (χ1) is 9.06. The van der Waals surface area contributed by atoms with Gasteiger partial charge in [-0.2, -0.15) is 0 Å². The number of hydrogen-bond donors (Lipinski definition) is 0. The van der Waals surface area contributed by atoms with Crippen LogP contribution in [0.5, 0.6) is 0 Å². The van der Waals surface area contributed by atoms with E-state index in [-0.39, 0.29) is 0 Å². The summed E-state index contributed by atoms with van der Waals surface area (Å²) >= 11 is 8.34. The zero-order chi connectivity index (χ0) is 13.6. The van der Waals surface area contributed by atoms with Crippen LogP contribution < -0.4 is 0 Å². The molecule has 102 valence electrons. The molecule has 19 heavy (non-hydrogen) atoms. The first-order valence-corrected chi connectivity index (χ1v) is 7.80. The van der Waals surface area contributed by atoms with Gasteiger partial charge in [-0.05, 0) is 50.8 Å². The summed E-state index contributed by atoms with van der Waals surface area (Å²) in [5.74, 6) is 0.